The lowest BCUT2D eigenvalue weighted by Gasteiger charge is -2.26. The molecule has 0 aliphatic carbocycles. The van der Waals surface area contributed by atoms with Crippen molar-refractivity contribution in [2.24, 2.45) is 7.05 Å². The van der Waals surface area contributed by atoms with Gasteiger partial charge in [-0.05, 0) is 30.5 Å². The zero-order valence-corrected chi connectivity index (χ0v) is 13.3. The Bertz CT molecular complexity index is 844. The number of aryl methyl sites for hydroxylation is 1. The third-order valence-electron chi connectivity index (χ3n) is 4.51. The van der Waals surface area contributed by atoms with Gasteiger partial charge in [-0.1, -0.05) is 12.1 Å². The van der Waals surface area contributed by atoms with Crippen molar-refractivity contribution in [3.63, 3.8) is 0 Å². The standard InChI is InChI=1S/C17H19N5O/c1-21-16-14(10-20-21)17(19-11-18-16)22-8-4-7-15(22)12-5-3-6-13(9-12)23-2/h3,5-6,9-11,15H,4,7-8H2,1-2H3/t15-/m0/s1. The number of hydrogen-bond acceptors (Lipinski definition) is 5. The number of anilines is 1. The van der Waals surface area contributed by atoms with E-state index in [-0.39, 0.29) is 0 Å². The molecule has 1 aliphatic heterocycles. The first-order chi connectivity index (χ1) is 11.3. The Morgan fingerprint density at radius 3 is 3.04 bits per heavy atom. The zero-order valence-electron chi connectivity index (χ0n) is 13.3. The van der Waals surface area contributed by atoms with Gasteiger partial charge in [0, 0.05) is 13.6 Å². The van der Waals surface area contributed by atoms with E-state index in [1.165, 1.54) is 5.56 Å². The molecule has 0 amide bonds. The lowest BCUT2D eigenvalue weighted by atomic mass is 10.0. The van der Waals surface area contributed by atoms with Gasteiger partial charge in [0.1, 0.15) is 17.9 Å². The monoisotopic (exact) mass is 309 g/mol. The maximum absolute atomic E-state index is 5.37. The molecule has 2 aromatic heterocycles. The third-order valence-corrected chi connectivity index (χ3v) is 4.51. The molecule has 0 N–H and O–H groups in total. The number of fused-ring (bicyclic) bond motifs is 1. The average molecular weight is 309 g/mol. The quantitative estimate of drug-likeness (QED) is 0.744. The number of aromatic nitrogens is 4. The summed E-state index contributed by atoms with van der Waals surface area (Å²) in [5.74, 6) is 1.86. The number of methoxy groups -OCH3 is 1. The van der Waals surface area contributed by atoms with Crippen LogP contribution in [-0.4, -0.2) is 33.4 Å². The third kappa shape index (κ3) is 2.30. The number of nitrogens with zero attached hydrogens (tertiary/aromatic N) is 5. The molecule has 3 aromatic rings. The summed E-state index contributed by atoms with van der Waals surface area (Å²) in [6, 6.07) is 8.61. The Labute approximate surface area is 134 Å². The van der Waals surface area contributed by atoms with Crippen molar-refractivity contribution in [3.8, 4) is 5.75 Å². The second kappa shape index (κ2) is 5.53. The fourth-order valence-electron chi connectivity index (χ4n) is 3.39. The first-order valence-electron chi connectivity index (χ1n) is 7.81. The van der Waals surface area contributed by atoms with Gasteiger partial charge in [-0.25, -0.2) is 9.97 Å². The van der Waals surface area contributed by atoms with Crippen molar-refractivity contribution in [2.45, 2.75) is 18.9 Å². The predicted molar refractivity (Wildman–Crippen MR) is 88.6 cm³/mol. The molecule has 1 aromatic carbocycles. The Morgan fingerprint density at radius 2 is 2.17 bits per heavy atom. The Balaban J connectivity index is 1.77. The van der Waals surface area contributed by atoms with Gasteiger partial charge in [0.05, 0.1) is 24.7 Å². The highest BCUT2D eigenvalue weighted by atomic mass is 16.5. The molecule has 3 heterocycles. The SMILES string of the molecule is COc1cccc([C@@H]2CCCN2c2ncnc3c2cnn3C)c1. The van der Waals surface area contributed by atoms with E-state index in [9.17, 15) is 0 Å². The van der Waals surface area contributed by atoms with Crippen molar-refractivity contribution in [1.29, 1.82) is 0 Å². The van der Waals surface area contributed by atoms with Crippen LogP contribution in [0.2, 0.25) is 0 Å². The molecule has 1 atom stereocenters. The molecule has 0 spiro atoms. The largest absolute Gasteiger partial charge is 0.497 e. The Morgan fingerprint density at radius 1 is 1.26 bits per heavy atom. The number of benzene rings is 1. The highest BCUT2D eigenvalue weighted by Gasteiger charge is 2.29. The summed E-state index contributed by atoms with van der Waals surface area (Å²) < 4.78 is 7.16. The Hall–Kier alpha value is -2.63. The van der Waals surface area contributed by atoms with E-state index in [0.29, 0.717) is 6.04 Å². The molecule has 0 unspecified atom stereocenters. The molecule has 0 radical (unpaired) electrons. The Kier molecular flexibility index (Phi) is 3.37. The molecule has 1 saturated heterocycles. The molecule has 1 fully saturated rings. The molecule has 1 aliphatic rings. The van der Waals surface area contributed by atoms with E-state index in [1.54, 1.807) is 18.1 Å². The van der Waals surface area contributed by atoms with Crippen LogP contribution >= 0.6 is 0 Å². The van der Waals surface area contributed by atoms with Crippen LogP contribution < -0.4 is 9.64 Å². The number of rotatable bonds is 3. The van der Waals surface area contributed by atoms with Crippen molar-refractivity contribution >= 4 is 16.9 Å². The van der Waals surface area contributed by atoms with E-state index >= 15 is 0 Å². The fraction of sp³-hybridized carbons (Fsp3) is 0.353. The van der Waals surface area contributed by atoms with E-state index in [4.69, 9.17) is 4.74 Å². The first kappa shape index (κ1) is 14.0. The van der Waals surface area contributed by atoms with Crippen LogP contribution in [0.15, 0.2) is 36.8 Å². The van der Waals surface area contributed by atoms with Gasteiger partial charge in [0.25, 0.3) is 0 Å². The van der Waals surface area contributed by atoms with Gasteiger partial charge in [0.2, 0.25) is 0 Å². The molecule has 23 heavy (non-hydrogen) atoms. The van der Waals surface area contributed by atoms with Crippen LogP contribution in [0.3, 0.4) is 0 Å². The maximum Gasteiger partial charge on any atom is 0.163 e. The van der Waals surface area contributed by atoms with Gasteiger partial charge in [-0.2, -0.15) is 5.10 Å². The summed E-state index contributed by atoms with van der Waals surface area (Å²) in [6.45, 7) is 0.989. The van der Waals surface area contributed by atoms with Gasteiger partial charge >= 0.3 is 0 Å². The van der Waals surface area contributed by atoms with Crippen LogP contribution in [0.4, 0.5) is 5.82 Å². The predicted octanol–water partition coefficient (Wildman–Crippen LogP) is 2.71. The van der Waals surface area contributed by atoms with Crippen LogP contribution in [0.5, 0.6) is 5.75 Å². The summed E-state index contributed by atoms with van der Waals surface area (Å²) in [5, 5.41) is 5.32. The molecular formula is C17H19N5O. The number of hydrogen-bond donors (Lipinski definition) is 0. The van der Waals surface area contributed by atoms with E-state index in [2.05, 4.69) is 32.1 Å². The van der Waals surface area contributed by atoms with Crippen molar-refractivity contribution in [1.82, 2.24) is 19.7 Å². The zero-order chi connectivity index (χ0) is 15.8. The summed E-state index contributed by atoms with van der Waals surface area (Å²) in [4.78, 5) is 11.3. The lowest BCUT2D eigenvalue weighted by Crippen LogP contribution is -2.23. The lowest BCUT2D eigenvalue weighted by molar-refractivity contribution is 0.414. The highest BCUT2D eigenvalue weighted by molar-refractivity contribution is 5.87. The molecule has 0 saturated carbocycles. The maximum atomic E-state index is 5.37. The van der Waals surface area contributed by atoms with Crippen LogP contribution in [0.1, 0.15) is 24.4 Å². The molecular weight excluding hydrogens is 290 g/mol. The van der Waals surface area contributed by atoms with Crippen molar-refractivity contribution in [3.05, 3.63) is 42.4 Å². The second-order valence-corrected chi connectivity index (χ2v) is 5.83. The molecule has 0 bridgehead atoms. The summed E-state index contributed by atoms with van der Waals surface area (Å²) in [5.41, 5.74) is 2.13. The smallest absolute Gasteiger partial charge is 0.163 e. The minimum atomic E-state index is 0.309. The summed E-state index contributed by atoms with van der Waals surface area (Å²) in [6.07, 6.45) is 5.73. The first-order valence-corrected chi connectivity index (χ1v) is 7.81. The highest BCUT2D eigenvalue weighted by Crippen LogP contribution is 2.38. The van der Waals surface area contributed by atoms with E-state index in [0.717, 1.165) is 42.0 Å². The average Bonchev–Trinajstić information content (AvgIpc) is 3.22. The molecule has 6 heteroatoms. The van der Waals surface area contributed by atoms with Gasteiger partial charge < -0.3 is 9.64 Å². The minimum Gasteiger partial charge on any atom is -0.497 e. The van der Waals surface area contributed by atoms with Crippen molar-refractivity contribution < 1.29 is 4.74 Å². The molecule has 4 rings (SSSR count). The van der Waals surface area contributed by atoms with Crippen molar-refractivity contribution in [2.75, 3.05) is 18.6 Å². The van der Waals surface area contributed by atoms with Crippen LogP contribution in [0, 0.1) is 0 Å². The van der Waals surface area contributed by atoms with E-state index in [1.807, 2.05) is 25.4 Å². The normalized spacial score (nSPS) is 17.8. The molecule has 118 valence electrons. The topological polar surface area (TPSA) is 56.1 Å². The fourth-order valence-corrected chi connectivity index (χ4v) is 3.39. The minimum absolute atomic E-state index is 0.309. The number of ether oxygens (including phenoxy) is 1. The van der Waals surface area contributed by atoms with Gasteiger partial charge in [-0.15, -0.1) is 0 Å². The molecule has 6 nitrogen and oxygen atoms in total. The van der Waals surface area contributed by atoms with Crippen LogP contribution in [-0.2, 0) is 7.05 Å². The summed E-state index contributed by atoms with van der Waals surface area (Å²) >= 11 is 0. The summed E-state index contributed by atoms with van der Waals surface area (Å²) in [7, 11) is 3.61. The second-order valence-electron chi connectivity index (χ2n) is 5.83. The van der Waals surface area contributed by atoms with E-state index < -0.39 is 0 Å². The van der Waals surface area contributed by atoms with Gasteiger partial charge in [0.15, 0.2) is 5.65 Å². The van der Waals surface area contributed by atoms with Crippen LogP contribution in [0.25, 0.3) is 11.0 Å². The van der Waals surface area contributed by atoms with Gasteiger partial charge in [-0.3, -0.25) is 4.68 Å².